The summed E-state index contributed by atoms with van der Waals surface area (Å²) in [5, 5.41) is 19.6. The molecule has 0 aliphatic carbocycles. The maximum absolute atomic E-state index is 9.81. The van der Waals surface area contributed by atoms with Crippen molar-refractivity contribution < 1.29 is 19.7 Å². The van der Waals surface area contributed by atoms with Gasteiger partial charge in [-0.05, 0) is 24.3 Å². The van der Waals surface area contributed by atoms with E-state index in [1.165, 1.54) is 30.3 Å². The number of hydrogen-bond donors (Lipinski definition) is 4. The molecule has 0 saturated heterocycles. The molecular weight excluding hydrogens is 380 g/mol. The van der Waals surface area contributed by atoms with E-state index in [-0.39, 0.29) is 62.6 Å². The Bertz CT molecular complexity index is 1270. The van der Waals surface area contributed by atoms with Crippen molar-refractivity contribution in [1.29, 1.82) is 0 Å². The third kappa shape index (κ3) is 3.73. The summed E-state index contributed by atoms with van der Waals surface area (Å²) in [7, 11) is 0. The quantitative estimate of drug-likeness (QED) is 0.303. The van der Waals surface area contributed by atoms with Gasteiger partial charge in [-0.25, -0.2) is 0 Å². The highest BCUT2D eigenvalue weighted by molar-refractivity contribution is 5.70. The van der Waals surface area contributed by atoms with Gasteiger partial charge in [0.05, 0.1) is 28.1 Å². The monoisotopic (exact) mass is 396 g/mol. The highest BCUT2D eigenvalue weighted by Gasteiger charge is 2.19. The zero-order valence-corrected chi connectivity index (χ0v) is 15.6. The topological polar surface area (TPSA) is 111 Å². The van der Waals surface area contributed by atoms with E-state index < -0.39 is 0 Å². The van der Waals surface area contributed by atoms with Crippen LogP contribution in [0.15, 0.2) is 42.5 Å². The van der Waals surface area contributed by atoms with Crippen LogP contribution in [0.3, 0.4) is 0 Å². The Morgan fingerprint density at radius 2 is 1.23 bits per heavy atom. The molecule has 6 nitrogen and oxygen atoms in total. The van der Waals surface area contributed by atoms with Crippen LogP contribution in [-0.2, 0) is 0 Å². The van der Waals surface area contributed by atoms with Crippen LogP contribution < -0.4 is 20.9 Å². The van der Waals surface area contributed by atoms with Crippen molar-refractivity contribution in [2.45, 2.75) is 0 Å². The normalized spacial score (nSPS) is 9.77. The minimum absolute atomic E-state index is 0.146. The fraction of sp³-hybridized carbons (Fsp3) is 0. The molecule has 0 amide bonds. The number of phenolic OH excluding ortho intramolecular Hbond substituents is 2. The second-order valence-corrected chi connectivity index (χ2v) is 6.08. The summed E-state index contributed by atoms with van der Waals surface area (Å²) >= 11 is 0. The lowest BCUT2D eigenvalue weighted by Crippen LogP contribution is -1.99. The van der Waals surface area contributed by atoms with Gasteiger partial charge in [-0.2, -0.15) is 0 Å². The van der Waals surface area contributed by atoms with Gasteiger partial charge in [-0.15, -0.1) is 19.3 Å². The van der Waals surface area contributed by atoms with Crippen molar-refractivity contribution in [2.24, 2.45) is 0 Å². The molecule has 0 aromatic heterocycles. The summed E-state index contributed by atoms with van der Waals surface area (Å²) in [6, 6.07) is 10.2. The molecular formula is C24H16N2O4. The number of phenols is 2. The zero-order chi connectivity index (χ0) is 21.8. The molecule has 0 aliphatic heterocycles. The Labute approximate surface area is 173 Å². The van der Waals surface area contributed by atoms with Gasteiger partial charge in [-0.1, -0.05) is 17.8 Å². The number of nitrogen functional groups attached to an aromatic ring is 2. The molecule has 0 heterocycles. The SMILES string of the molecule is C#Cc1cc(Oc2ccc(N)c(O)c2)c(C#C)c(C#C)c1Oc1ccc(N)c(O)c1. The third-order valence-corrected chi connectivity index (χ3v) is 4.14. The summed E-state index contributed by atoms with van der Waals surface area (Å²) in [6.07, 6.45) is 17.0. The van der Waals surface area contributed by atoms with E-state index in [4.69, 9.17) is 40.2 Å². The molecule has 30 heavy (non-hydrogen) atoms. The number of anilines is 2. The zero-order valence-electron chi connectivity index (χ0n) is 15.6. The van der Waals surface area contributed by atoms with Crippen molar-refractivity contribution in [3.63, 3.8) is 0 Å². The van der Waals surface area contributed by atoms with E-state index >= 15 is 0 Å². The van der Waals surface area contributed by atoms with Gasteiger partial charge < -0.3 is 31.2 Å². The summed E-state index contributed by atoms with van der Waals surface area (Å²) in [5.74, 6) is 8.06. The molecule has 0 bridgehead atoms. The summed E-state index contributed by atoms with van der Waals surface area (Å²) < 4.78 is 11.6. The number of hydrogen-bond acceptors (Lipinski definition) is 6. The Kier molecular flexibility index (Phi) is 5.32. The Balaban J connectivity index is 2.12. The maximum atomic E-state index is 9.81. The first kappa shape index (κ1) is 19.9. The van der Waals surface area contributed by atoms with Crippen LogP contribution in [0.1, 0.15) is 16.7 Å². The van der Waals surface area contributed by atoms with Crippen molar-refractivity contribution in [3.05, 3.63) is 59.2 Å². The molecule has 3 aromatic rings. The average molecular weight is 396 g/mol. The number of nitrogens with two attached hydrogens (primary N) is 2. The first-order chi connectivity index (χ1) is 14.4. The lowest BCUT2D eigenvalue weighted by Gasteiger charge is -2.16. The Morgan fingerprint density at radius 1 is 0.700 bits per heavy atom. The molecule has 146 valence electrons. The first-order valence-electron chi connectivity index (χ1n) is 8.51. The minimum atomic E-state index is -0.155. The number of ether oxygens (including phenoxy) is 2. The lowest BCUT2D eigenvalue weighted by atomic mass is 10.0. The van der Waals surface area contributed by atoms with Crippen LogP contribution in [-0.4, -0.2) is 10.2 Å². The highest BCUT2D eigenvalue weighted by Crippen LogP contribution is 2.39. The van der Waals surface area contributed by atoms with Gasteiger partial charge in [0.15, 0.2) is 5.75 Å². The van der Waals surface area contributed by atoms with Crippen LogP contribution in [0.2, 0.25) is 0 Å². The van der Waals surface area contributed by atoms with E-state index in [9.17, 15) is 10.2 Å². The standard InChI is InChI=1S/C24H16N2O4/c1-4-14-11-23(29-15-7-9-19(25)21(27)12-15)17(5-2)18(6-3)24(14)30-16-8-10-20(26)22(28)13-16/h1-3,7-13,27-28H,25-26H2. The van der Waals surface area contributed by atoms with Gasteiger partial charge in [-0.3, -0.25) is 0 Å². The van der Waals surface area contributed by atoms with E-state index in [0.29, 0.717) is 0 Å². The van der Waals surface area contributed by atoms with Crippen LogP contribution in [0.5, 0.6) is 34.5 Å². The predicted octanol–water partition coefficient (Wildman–Crippen LogP) is 3.79. The van der Waals surface area contributed by atoms with Crippen molar-refractivity contribution >= 4 is 11.4 Å². The second-order valence-electron chi connectivity index (χ2n) is 6.08. The molecule has 6 heteroatoms. The molecule has 6 N–H and O–H groups in total. The smallest absolute Gasteiger partial charge is 0.160 e. The average Bonchev–Trinajstić information content (AvgIpc) is 2.73. The van der Waals surface area contributed by atoms with Gasteiger partial charge in [0, 0.05) is 18.2 Å². The fourth-order valence-electron chi connectivity index (χ4n) is 2.63. The van der Waals surface area contributed by atoms with E-state index in [2.05, 4.69) is 17.8 Å². The predicted molar refractivity (Wildman–Crippen MR) is 115 cm³/mol. The van der Waals surface area contributed by atoms with E-state index in [1.54, 1.807) is 12.1 Å². The number of rotatable bonds is 4. The molecule has 0 fully saturated rings. The Hall–Kier alpha value is -4.86. The molecule has 0 spiro atoms. The molecule has 0 aliphatic rings. The number of terminal acetylenes is 3. The van der Waals surface area contributed by atoms with Gasteiger partial charge in [0.2, 0.25) is 0 Å². The highest BCUT2D eigenvalue weighted by atomic mass is 16.5. The van der Waals surface area contributed by atoms with Crippen molar-refractivity contribution in [2.75, 3.05) is 11.5 Å². The second kappa shape index (κ2) is 8.02. The number of benzene rings is 3. The molecule has 0 saturated carbocycles. The summed E-state index contributed by atoms with van der Waals surface area (Å²) in [6.45, 7) is 0. The summed E-state index contributed by atoms with van der Waals surface area (Å²) in [4.78, 5) is 0. The van der Waals surface area contributed by atoms with E-state index in [0.717, 1.165) is 0 Å². The third-order valence-electron chi connectivity index (χ3n) is 4.14. The van der Waals surface area contributed by atoms with Gasteiger partial charge in [0.1, 0.15) is 28.7 Å². The van der Waals surface area contributed by atoms with Crippen molar-refractivity contribution in [3.8, 4) is 71.5 Å². The van der Waals surface area contributed by atoms with Gasteiger partial charge in [0.25, 0.3) is 0 Å². The lowest BCUT2D eigenvalue weighted by molar-refractivity contribution is 0.448. The maximum Gasteiger partial charge on any atom is 0.160 e. The van der Waals surface area contributed by atoms with Gasteiger partial charge >= 0.3 is 0 Å². The van der Waals surface area contributed by atoms with Crippen LogP contribution in [0, 0.1) is 37.0 Å². The van der Waals surface area contributed by atoms with Crippen LogP contribution in [0.4, 0.5) is 11.4 Å². The van der Waals surface area contributed by atoms with E-state index in [1.807, 2.05) is 0 Å². The Morgan fingerprint density at radius 3 is 1.70 bits per heavy atom. The van der Waals surface area contributed by atoms with Crippen LogP contribution in [0.25, 0.3) is 0 Å². The molecule has 0 unspecified atom stereocenters. The first-order valence-corrected chi connectivity index (χ1v) is 8.51. The van der Waals surface area contributed by atoms with Crippen LogP contribution >= 0.6 is 0 Å². The molecule has 3 aromatic carbocycles. The fourth-order valence-corrected chi connectivity index (χ4v) is 2.63. The largest absolute Gasteiger partial charge is 0.506 e. The molecule has 0 atom stereocenters. The molecule has 0 radical (unpaired) electrons. The minimum Gasteiger partial charge on any atom is -0.506 e. The number of aromatic hydroxyl groups is 2. The summed E-state index contributed by atoms with van der Waals surface area (Å²) in [5.41, 5.74) is 12.3. The van der Waals surface area contributed by atoms with Crippen molar-refractivity contribution in [1.82, 2.24) is 0 Å². The molecule has 3 rings (SSSR count).